The predicted octanol–water partition coefficient (Wildman–Crippen LogP) is 17.4. The van der Waals surface area contributed by atoms with E-state index in [9.17, 15) is 14.3 Å². The summed E-state index contributed by atoms with van der Waals surface area (Å²) >= 11 is 0. The smallest absolute Gasteiger partial charge is 0.457 e. The number of carbonyl (C=O) groups is 1. The van der Waals surface area contributed by atoms with Gasteiger partial charge >= 0.3 is 13.8 Å². The largest absolute Gasteiger partial charge is 0.472 e. The molecule has 0 rings (SSSR count). The Hall–Kier alpha value is -2.06. The highest BCUT2D eigenvalue weighted by Crippen LogP contribution is 2.43. The Labute approximate surface area is 414 Å². The second-order valence-corrected chi connectivity index (χ2v) is 21.0. The number of hydrogen-bond donors (Lipinski definition) is 1. The molecular formula is C58H107NO7P+. The van der Waals surface area contributed by atoms with Crippen molar-refractivity contribution < 1.29 is 37.3 Å². The fourth-order valence-corrected chi connectivity index (χ4v) is 8.30. The van der Waals surface area contributed by atoms with Crippen molar-refractivity contribution in [3.8, 4) is 0 Å². The summed E-state index contributed by atoms with van der Waals surface area (Å²) in [6, 6.07) is 0. The van der Waals surface area contributed by atoms with Crippen molar-refractivity contribution in [3.63, 3.8) is 0 Å². The van der Waals surface area contributed by atoms with Crippen molar-refractivity contribution in [2.24, 2.45) is 0 Å². The van der Waals surface area contributed by atoms with Crippen LogP contribution in [0.1, 0.15) is 232 Å². The molecule has 0 spiro atoms. The van der Waals surface area contributed by atoms with Crippen LogP contribution in [0.25, 0.3) is 0 Å². The van der Waals surface area contributed by atoms with Gasteiger partial charge in [0.25, 0.3) is 0 Å². The number of esters is 1. The number of phosphoric ester groups is 1. The lowest BCUT2D eigenvalue weighted by atomic mass is 10.0. The molecule has 0 aliphatic heterocycles. The molecule has 2 atom stereocenters. The van der Waals surface area contributed by atoms with Gasteiger partial charge in [0.15, 0.2) is 0 Å². The molecule has 9 heteroatoms. The fraction of sp³-hybridized carbons (Fsp3) is 0.776. The SMILES string of the molecule is CC/C=C\C/C=C\C/C=C\C/C=C\C/C=C\C/C=C\CCCCCCCCC(=O)OC(COCCCCCCCCCCCCCCCCCCCCCC)COP(=O)(O)OCC[N+](C)(C)C. The number of quaternary nitrogens is 1. The molecular weight excluding hydrogens is 854 g/mol. The van der Waals surface area contributed by atoms with Crippen LogP contribution in [-0.4, -0.2) is 75.6 Å². The summed E-state index contributed by atoms with van der Waals surface area (Å²) in [5.74, 6) is -0.327. The van der Waals surface area contributed by atoms with E-state index in [-0.39, 0.29) is 25.8 Å². The summed E-state index contributed by atoms with van der Waals surface area (Å²) in [5, 5.41) is 0. The minimum absolute atomic E-state index is 0.0835. The molecule has 0 aromatic carbocycles. The van der Waals surface area contributed by atoms with Crippen LogP contribution in [0.5, 0.6) is 0 Å². The van der Waals surface area contributed by atoms with E-state index >= 15 is 0 Å². The molecule has 2 unspecified atom stereocenters. The zero-order chi connectivity index (χ0) is 49.0. The summed E-state index contributed by atoms with van der Waals surface area (Å²) in [5.41, 5.74) is 0. The first-order valence-corrected chi connectivity index (χ1v) is 29.2. The first-order chi connectivity index (χ1) is 32.6. The summed E-state index contributed by atoms with van der Waals surface area (Å²) in [6.07, 6.45) is 66.7. The second-order valence-electron chi connectivity index (χ2n) is 19.6. The first-order valence-electron chi connectivity index (χ1n) is 27.7. The standard InChI is InChI=1S/C58H106NO7P/c1-6-8-10-12-14-16-18-20-22-24-26-28-29-30-31-32-33-35-37-39-41-43-45-47-49-51-58(60)66-57(56-65-67(61,62)64-54-52-59(3,4)5)55-63-53-50-48-46-44-42-40-38-36-34-27-25-23-21-19-17-15-13-11-9-7-2/h8,10,14,16,20,22,26,28,30-31,33,35,57H,6-7,9,11-13,15,17-19,21,23-25,27,29,32,34,36-56H2,1-5H3/p+1/b10-8-,16-14-,22-20-,28-26-,31-30-,35-33-. The number of allylic oxidation sites excluding steroid dienone is 12. The Morgan fingerprint density at radius 3 is 1.30 bits per heavy atom. The van der Waals surface area contributed by atoms with Crippen LogP contribution in [0.15, 0.2) is 72.9 Å². The monoisotopic (exact) mass is 961 g/mol. The highest BCUT2D eigenvalue weighted by molar-refractivity contribution is 7.47. The molecule has 0 heterocycles. The van der Waals surface area contributed by atoms with E-state index in [0.29, 0.717) is 24.1 Å². The first kappa shape index (κ1) is 64.9. The lowest BCUT2D eigenvalue weighted by Gasteiger charge is -2.24. The maximum atomic E-state index is 12.8. The molecule has 0 saturated carbocycles. The molecule has 0 aromatic rings. The lowest BCUT2D eigenvalue weighted by Crippen LogP contribution is -2.37. The Balaban J connectivity index is 4.15. The van der Waals surface area contributed by atoms with Crippen molar-refractivity contribution in [1.29, 1.82) is 0 Å². The normalized spacial score (nSPS) is 14.1. The maximum Gasteiger partial charge on any atom is 0.472 e. The molecule has 0 aromatic heterocycles. The molecule has 67 heavy (non-hydrogen) atoms. The van der Waals surface area contributed by atoms with Gasteiger partial charge in [0.1, 0.15) is 19.3 Å². The fourth-order valence-electron chi connectivity index (χ4n) is 7.56. The Morgan fingerprint density at radius 2 is 0.866 bits per heavy atom. The third kappa shape index (κ3) is 54.7. The summed E-state index contributed by atoms with van der Waals surface area (Å²) in [6.45, 7) is 5.52. The van der Waals surface area contributed by atoms with Gasteiger partial charge in [-0.2, -0.15) is 0 Å². The van der Waals surface area contributed by atoms with Crippen LogP contribution in [-0.2, 0) is 27.9 Å². The van der Waals surface area contributed by atoms with Crippen molar-refractivity contribution >= 4 is 13.8 Å². The summed E-state index contributed by atoms with van der Waals surface area (Å²) < 4.78 is 35.2. The minimum atomic E-state index is -4.29. The number of ether oxygens (including phenoxy) is 2. The number of nitrogens with zero attached hydrogens (tertiary/aromatic N) is 1. The molecule has 0 bridgehead atoms. The summed E-state index contributed by atoms with van der Waals surface area (Å²) in [7, 11) is 1.66. The van der Waals surface area contributed by atoms with Gasteiger partial charge in [0.05, 0.1) is 34.4 Å². The van der Waals surface area contributed by atoms with Gasteiger partial charge in [-0.1, -0.05) is 234 Å². The zero-order valence-electron chi connectivity index (χ0n) is 44.4. The minimum Gasteiger partial charge on any atom is -0.457 e. The highest BCUT2D eigenvalue weighted by Gasteiger charge is 2.26. The maximum absolute atomic E-state index is 12.8. The zero-order valence-corrected chi connectivity index (χ0v) is 45.3. The number of unbranched alkanes of at least 4 members (excludes halogenated alkanes) is 25. The van der Waals surface area contributed by atoms with Crippen LogP contribution in [0, 0.1) is 0 Å². The molecule has 0 aliphatic rings. The van der Waals surface area contributed by atoms with Crippen LogP contribution >= 0.6 is 7.82 Å². The van der Waals surface area contributed by atoms with E-state index in [4.69, 9.17) is 18.5 Å². The van der Waals surface area contributed by atoms with E-state index in [0.717, 1.165) is 83.5 Å². The molecule has 0 radical (unpaired) electrons. The molecule has 8 nitrogen and oxygen atoms in total. The van der Waals surface area contributed by atoms with Gasteiger partial charge in [-0.3, -0.25) is 13.8 Å². The Morgan fingerprint density at radius 1 is 0.478 bits per heavy atom. The Bertz CT molecular complexity index is 1300. The van der Waals surface area contributed by atoms with E-state index in [1.54, 1.807) is 0 Å². The van der Waals surface area contributed by atoms with Crippen molar-refractivity contribution in [3.05, 3.63) is 72.9 Å². The van der Waals surface area contributed by atoms with E-state index in [2.05, 4.69) is 86.8 Å². The molecule has 0 aliphatic carbocycles. The highest BCUT2D eigenvalue weighted by atomic mass is 31.2. The molecule has 390 valence electrons. The summed E-state index contributed by atoms with van der Waals surface area (Å²) in [4.78, 5) is 23.1. The van der Waals surface area contributed by atoms with Crippen LogP contribution in [0.2, 0.25) is 0 Å². The van der Waals surface area contributed by atoms with Crippen molar-refractivity contribution in [1.82, 2.24) is 0 Å². The molecule has 1 N–H and O–H groups in total. The van der Waals surface area contributed by atoms with Crippen LogP contribution < -0.4 is 0 Å². The van der Waals surface area contributed by atoms with Crippen molar-refractivity contribution in [2.75, 3.05) is 54.1 Å². The number of phosphoric acid groups is 1. The Kier molecular flexibility index (Phi) is 48.8. The van der Waals surface area contributed by atoms with Crippen LogP contribution in [0.4, 0.5) is 0 Å². The number of likely N-dealkylation sites (N-methyl/N-ethyl adjacent to an activating group) is 1. The van der Waals surface area contributed by atoms with Gasteiger partial charge in [-0.15, -0.1) is 0 Å². The third-order valence-corrected chi connectivity index (χ3v) is 12.8. The number of hydrogen-bond acceptors (Lipinski definition) is 6. The van der Waals surface area contributed by atoms with Gasteiger partial charge in [-0.25, -0.2) is 4.57 Å². The quantitative estimate of drug-likeness (QED) is 0.0213. The topological polar surface area (TPSA) is 91.3 Å². The van der Waals surface area contributed by atoms with E-state index in [1.807, 2.05) is 21.1 Å². The third-order valence-electron chi connectivity index (χ3n) is 11.8. The number of rotatable bonds is 51. The van der Waals surface area contributed by atoms with Crippen LogP contribution in [0.3, 0.4) is 0 Å². The predicted molar refractivity (Wildman–Crippen MR) is 288 cm³/mol. The average Bonchev–Trinajstić information content (AvgIpc) is 3.29. The van der Waals surface area contributed by atoms with Gasteiger partial charge in [0, 0.05) is 13.0 Å². The van der Waals surface area contributed by atoms with E-state index in [1.165, 1.54) is 128 Å². The van der Waals surface area contributed by atoms with Gasteiger partial charge in [0.2, 0.25) is 0 Å². The van der Waals surface area contributed by atoms with Gasteiger partial charge in [-0.05, 0) is 64.2 Å². The van der Waals surface area contributed by atoms with Gasteiger partial charge < -0.3 is 18.9 Å². The molecule has 0 amide bonds. The molecule has 0 fully saturated rings. The second kappa shape index (κ2) is 50.3. The molecule has 0 saturated heterocycles. The lowest BCUT2D eigenvalue weighted by molar-refractivity contribution is -0.870. The van der Waals surface area contributed by atoms with E-state index < -0.39 is 13.9 Å². The average molecular weight is 961 g/mol. The van der Waals surface area contributed by atoms with Crippen molar-refractivity contribution in [2.45, 2.75) is 238 Å². The number of carbonyl (C=O) groups excluding carboxylic acids is 1.